The van der Waals surface area contributed by atoms with E-state index in [0.29, 0.717) is 11.4 Å². The Morgan fingerprint density at radius 2 is 1.74 bits per heavy atom. The topological polar surface area (TPSA) is 37.3 Å². The highest BCUT2D eigenvalue weighted by molar-refractivity contribution is 8.00. The first-order chi connectivity index (χ1) is 9.16. The van der Waals surface area contributed by atoms with Gasteiger partial charge in [0.2, 0.25) is 0 Å². The lowest BCUT2D eigenvalue weighted by Crippen LogP contribution is -2.19. The molecule has 98 valence electrons. The van der Waals surface area contributed by atoms with E-state index in [9.17, 15) is 9.90 Å². The number of aliphatic carboxylic acids is 1. The molecule has 0 saturated carbocycles. The predicted octanol–water partition coefficient (Wildman–Crippen LogP) is 4.13. The summed E-state index contributed by atoms with van der Waals surface area (Å²) in [6.45, 7) is 0. The standard InChI is InChI=1S/C15H13ClO2S/c16-13-9-5-4-6-11(13)10-14(15(17)18)19-12-7-2-1-3-8-12/h1-9,14H,10H2,(H,17,18)/t14-/m0/s1. The molecule has 0 aliphatic heterocycles. The highest BCUT2D eigenvalue weighted by Gasteiger charge is 2.20. The van der Waals surface area contributed by atoms with Gasteiger partial charge in [-0.2, -0.15) is 0 Å². The van der Waals surface area contributed by atoms with E-state index in [1.54, 1.807) is 6.07 Å². The molecule has 2 nitrogen and oxygen atoms in total. The summed E-state index contributed by atoms with van der Waals surface area (Å²) in [5, 5.41) is 9.40. The zero-order valence-electron chi connectivity index (χ0n) is 10.1. The molecule has 0 fully saturated rings. The first-order valence-electron chi connectivity index (χ1n) is 5.85. The van der Waals surface area contributed by atoms with Gasteiger partial charge in [-0.15, -0.1) is 11.8 Å². The Balaban J connectivity index is 2.13. The number of rotatable bonds is 5. The summed E-state index contributed by atoms with van der Waals surface area (Å²) < 4.78 is 0. The fourth-order valence-electron chi connectivity index (χ4n) is 1.71. The highest BCUT2D eigenvalue weighted by Crippen LogP contribution is 2.28. The van der Waals surface area contributed by atoms with Crippen LogP contribution in [0.5, 0.6) is 0 Å². The van der Waals surface area contributed by atoms with E-state index < -0.39 is 11.2 Å². The van der Waals surface area contributed by atoms with Gasteiger partial charge in [-0.05, 0) is 30.2 Å². The minimum atomic E-state index is -0.825. The van der Waals surface area contributed by atoms with Crippen molar-refractivity contribution in [1.29, 1.82) is 0 Å². The third-order valence-electron chi connectivity index (χ3n) is 2.66. The number of halogens is 1. The first-order valence-corrected chi connectivity index (χ1v) is 7.10. The summed E-state index contributed by atoms with van der Waals surface area (Å²) in [7, 11) is 0. The van der Waals surface area contributed by atoms with Gasteiger partial charge in [0.1, 0.15) is 5.25 Å². The van der Waals surface area contributed by atoms with Crippen molar-refractivity contribution >= 4 is 29.3 Å². The molecule has 0 heterocycles. The molecule has 0 spiro atoms. The van der Waals surface area contributed by atoms with Crippen molar-refractivity contribution in [2.24, 2.45) is 0 Å². The van der Waals surface area contributed by atoms with Gasteiger partial charge in [-0.25, -0.2) is 0 Å². The van der Waals surface area contributed by atoms with Crippen molar-refractivity contribution < 1.29 is 9.90 Å². The van der Waals surface area contributed by atoms with E-state index in [1.807, 2.05) is 48.5 Å². The Labute approximate surface area is 121 Å². The number of thioether (sulfide) groups is 1. The van der Waals surface area contributed by atoms with Crippen LogP contribution in [-0.2, 0) is 11.2 Å². The zero-order chi connectivity index (χ0) is 13.7. The third kappa shape index (κ3) is 4.01. The predicted molar refractivity (Wildman–Crippen MR) is 78.9 cm³/mol. The fraction of sp³-hybridized carbons (Fsp3) is 0.133. The monoisotopic (exact) mass is 292 g/mol. The maximum absolute atomic E-state index is 11.4. The molecular formula is C15H13ClO2S. The van der Waals surface area contributed by atoms with Gasteiger partial charge in [0.05, 0.1) is 0 Å². The van der Waals surface area contributed by atoms with Crippen molar-refractivity contribution in [3.05, 3.63) is 65.2 Å². The molecule has 19 heavy (non-hydrogen) atoms. The van der Waals surface area contributed by atoms with Crippen LogP contribution in [0.3, 0.4) is 0 Å². The minimum absolute atomic E-state index is 0.411. The van der Waals surface area contributed by atoms with Gasteiger partial charge in [-0.3, -0.25) is 4.79 Å². The van der Waals surface area contributed by atoms with E-state index >= 15 is 0 Å². The van der Waals surface area contributed by atoms with E-state index in [1.165, 1.54) is 11.8 Å². The molecule has 2 rings (SSSR count). The largest absolute Gasteiger partial charge is 0.480 e. The summed E-state index contributed by atoms with van der Waals surface area (Å²) in [5.74, 6) is -0.825. The molecule has 2 aromatic carbocycles. The molecule has 0 bridgehead atoms. The summed E-state index contributed by atoms with van der Waals surface area (Å²) >= 11 is 7.42. The Hall–Kier alpha value is -1.45. The molecule has 0 saturated heterocycles. The molecule has 0 unspecified atom stereocenters. The van der Waals surface area contributed by atoms with Gasteiger partial charge in [0.25, 0.3) is 0 Å². The Morgan fingerprint density at radius 1 is 1.11 bits per heavy atom. The average molecular weight is 293 g/mol. The number of hydrogen-bond acceptors (Lipinski definition) is 2. The fourth-order valence-corrected chi connectivity index (χ4v) is 2.93. The first kappa shape index (κ1) is 14.0. The van der Waals surface area contributed by atoms with E-state index in [0.717, 1.165) is 10.5 Å². The number of benzene rings is 2. The number of hydrogen-bond donors (Lipinski definition) is 1. The van der Waals surface area contributed by atoms with Crippen LogP contribution in [0, 0.1) is 0 Å². The molecule has 1 N–H and O–H groups in total. The second kappa shape index (κ2) is 6.64. The van der Waals surface area contributed by atoms with Gasteiger partial charge in [0, 0.05) is 9.92 Å². The van der Waals surface area contributed by atoms with Crippen LogP contribution in [0.2, 0.25) is 5.02 Å². The minimum Gasteiger partial charge on any atom is -0.480 e. The third-order valence-corrected chi connectivity index (χ3v) is 4.23. The lowest BCUT2D eigenvalue weighted by molar-refractivity contribution is -0.136. The molecule has 4 heteroatoms. The molecule has 0 amide bonds. The smallest absolute Gasteiger partial charge is 0.317 e. The van der Waals surface area contributed by atoms with Crippen LogP contribution in [-0.4, -0.2) is 16.3 Å². The van der Waals surface area contributed by atoms with Gasteiger partial charge in [0.15, 0.2) is 0 Å². The Kier molecular flexibility index (Phi) is 4.88. The molecule has 0 aliphatic rings. The van der Waals surface area contributed by atoms with Gasteiger partial charge >= 0.3 is 5.97 Å². The number of carboxylic acids is 1. The van der Waals surface area contributed by atoms with E-state index in [4.69, 9.17) is 11.6 Å². The Bertz CT molecular complexity index is 557. The summed E-state index contributed by atoms with van der Waals surface area (Å²) in [5.41, 5.74) is 0.861. The molecule has 1 atom stereocenters. The van der Waals surface area contributed by atoms with Crippen molar-refractivity contribution in [2.45, 2.75) is 16.6 Å². The summed E-state index contributed by atoms with van der Waals surface area (Å²) in [6.07, 6.45) is 0.411. The highest BCUT2D eigenvalue weighted by atomic mass is 35.5. The van der Waals surface area contributed by atoms with Crippen LogP contribution in [0.15, 0.2) is 59.5 Å². The summed E-state index contributed by atoms with van der Waals surface area (Å²) in [4.78, 5) is 12.3. The van der Waals surface area contributed by atoms with Crippen LogP contribution in [0.1, 0.15) is 5.56 Å². The van der Waals surface area contributed by atoms with Crippen molar-refractivity contribution in [3.8, 4) is 0 Å². The van der Waals surface area contributed by atoms with E-state index in [2.05, 4.69) is 0 Å². The van der Waals surface area contributed by atoms with E-state index in [-0.39, 0.29) is 0 Å². The molecule has 0 aliphatic carbocycles. The lowest BCUT2D eigenvalue weighted by Gasteiger charge is -2.13. The lowest BCUT2D eigenvalue weighted by atomic mass is 10.1. The Morgan fingerprint density at radius 3 is 2.37 bits per heavy atom. The van der Waals surface area contributed by atoms with Crippen LogP contribution >= 0.6 is 23.4 Å². The SMILES string of the molecule is O=C(O)[C@H](Cc1ccccc1Cl)Sc1ccccc1. The van der Waals surface area contributed by atoms with Crippen LogP contribution in [0.25, 0.3) is 0 Å². The maximum Gasteiger partial charge on any atom is 0.317 e. The normalized spacial score (nSPS) is 12.1. The van der Waals surface area contributed by atoms with Crippen molar-refractivity contribution in [3.63, 3.8) is 0 Å². The zero-order valence-corrected chi connectivity index (χ0v) is 11.7. The average Bonchev–Trinajstić information content (AvgIpc) is 2.41. The quantitative estimate of drug-likeness (QED) is 0.842. The van der Waals surface area contributed by atoms with Crippen molar-refractivity contribution in [2.75, 3.05) is 0 Å². The molecule has 0 radical (unpaired) electrons. The molecule has 2 aromatic rings. The van der Waals surface area contributed by atoms with Crippen LogP contribution < -0.4 is 0 Å². The van der Waals surface area contributed by atoms with Gasteiger partial charge in [-0.1, -0.05) is 48.0 Å². The number of carboxylic acid groups (broad SMARTS) is 1. The molecule has 0 aromatic heterocycles. The van der Waals surface area contributed by atoms with Crippen molar-refractivity contribution in [1.82, 2.24) is 0 Å². The summed E-state index contributed by atoms with van der Waals surface area (Å²) in [6, 6.07) is 16.9. The number of carbonyl (C=O) groups is 1. The van der Waals surface area contributed by atoms with Crippen LogP contribution in [0.4, 0.5) is 0 Å². The molecular weight excluding hydrogens is 280 g/mol. The maximum atomic E-state index is 11.4. The van der Waals surface area contributed by atoms with Gasteiger partial charge < -0.3 is 5.11 Å². The second-order valence-electron chi connectivity index (χ2n) is 4.05. The second-order valence-corrected chi connectivity index (χ2v) is 5.74.